The van der Waals surface area contributed by atoms with Gasteiger partial charge in [-0.25, -0.2) is 4.79 Å². The maximum absolute atomic E-state index is 12.7. The summed E-state index contributed by atoms with van der Waals surface area (Å²) in [6, 6.07) is 4.80. The number of amides is 2. The van der Waals surface area contributed by atoms with Gasteiger partial charge in [0.05, 0.1) is 11.5 Å². The Bertz CT molecular complexity index is 965. The number of hydrogen-bond acceptors (Lipinski definition) is 6. The fourth-order valence-electron chi connectivity index (χ4n) is 3.15. The van der Waals surface area contributed by atoms with Crippen LogP contribution in [0.25, 0.3) is 11.8 Å². The van der Waals surface area contributed by atoms with Gasteiger partial charge in [0.2, 0.25) is 0 Å². The maximum Gasteiger partial charge on any atom is 0.329 e. The van der Waals surface area contributed by atoms with Gasteiger partial charge in [0.1, 0.15) is 6.04 Å². The van der Waals surface area contributed by atoms with Crippen molar-refractivity contribution in [1.82, 2.24) is 14.5 Å². The first-order valence-corrected chi connectivity index (χ1v) is 9.69. The number of aromatic nitrogens is 2. The number of hydrogen-bond donors (Lipinski definition) is 0. The molecule has 0 aromatic carbocycles. The minimum absolute atomic E-state index is 0.191. The molecule has 0 bridgehead atoms. The van der Waals surface area contributed by atoms with Crippen molar-refractivity contribution >= 4 is 35.0 Å². The van der Waals surface area contributed by atoms with Crippen molar-refractivity contribution in [3.8, 4) is 5.69 Å². The Morgan fingerprint density at radius 3 is 2.61 bits per heavy atom. The highest BCUT2D eigenvalue weighted by atomic mass is 32.2. The Balaban J connectivity index is 1.92. The first-order valence-electron chi connectivity index (χ1n) is 8.88. The molecular weight excluding hydrogens is 378 g/mol. The number of nitrogens with zero attached hydrogens (tertiary/aromatic N) is 3. The van der Waals surface area contributed by atoms with Crippen molar-refractivity contribution in [2.24, 2.45) is 0 Å². The summed E-state index contributed by atoms with van der Waals surface area (Å²) in [6.45, 7) is 7.28. The van der Waals surface area contributed by atoms with E-state index >= 15 is 0 Å². The fourth-order valence-corrected chi connectivity index (χ4v) is 4.05. The molecule has 0 aliphatic carbocycles. The zero-order valence-electron chi connectivity index (χ0n) is 16.1. The van der Waals surface area contributed by atoms with E-state index in [2.05, 4.69) is 9.55 Å². The zero-order valence-corrected chi connectivity index (χ0v) is 16.9. The Morgan fingerprint density at radius 1 is 1.29 bits per heavy atom. The third kappa shape index (κ3) is 3.60. The van der Waals surface area contributed by atoms with Crippen LogP contribution in [-0.4, -0.2) is 44.2 Å². The molecule has 2 amide bonds. The lowest BCUT2D eigenvalue weighted by molar-refractivity contribution is -0.150. The van der Waals surface area contributed by atoms with Gasteiger partial charge < -0.3 is 9.30 Å². The van der Waals surface area contributed by atoms with Crippen LogP contribution in [0.3, 0.4) is 0 Å². The molecule has 2 aromatic heterocycles. The fraction of sp³-hybridized carbons (Fsp3) is 0.300. The molecule has 1 saturated heterocycles. The molecule has 0 unspecified atom stereocenters. The van der Waals surface area contributed by atoms with E-state index in [0.717, 1.165) is 39.3 Å². The highest BCUT2D eigenvalue weighted by Gasteiger charge is 2.41. The number of rotatable bonds is 5. The van der Waals surface area contributed by atoms with Crippen molar-refractivity contribution in [3.63, 3.8) is 0 Å². The van der Waals surface area contributed by atoms with Gasteiger partial charge in [0.25, 0.3) is 11.1 Å². The number of pyridine rings is 1. The quantitative estimate of drug-likeness (QED) is 0.566. The van der Waals surface area contributed by atoms with Crippen molar-refractivity contribution in [1.29, 1.82) is 0 Å². The van der Waals surface area contributed by atoms with Gasteiger partial charge >= 0.3 is 5.97 Å². The minimum atomic E-state index is -0.956. The Labute approximate surface area is 167 Å². The molecule has 28 heavy (non-hydrogen) atoms. The highest BCUT2D eigenvalue weighted by molar-refractivity contribution is 8.18. The van der Waals surface area contributed by atoms with E-state index in [9.17, 15) is 14.4 Å². The third-order valence-corrected chi connectivity index (χ3v) is 5.40. The summed E-state index contributed by atoms with van der Waals surface area (Å²) in [6.07, 6.45) is 5.13. The van der Waals surface area contributed by atoms with Crippen LogP contribution in [-0.2, 0) is 14.3 Å². The number of carbonyl (C=O) groups is 3. The molecule has 1 aliphatic heterocycles. The minimum Gasteiger partial charge on any atom is -0.464 e. The smallest absolute Gasteiger partial charge is 0.329 e. The monoisotopic (exact) mass is 399 g/mol. The zero-order chi connectivity index (χ0) is 20.4. The van der Waals surface area contributed by atoms with Crippen LogP contribution >= 0.6 is 11.8 Å². The second-order valence-electron chi connectivity index (χ2n) is 6.35. The molecule has 0 radical (unpaired) electrons. The highest BCUT2D eigenvalue weighted by Crippen LogP contribution is 2.35. The lowest BCUT2D eigenvalue weighted by atomic mass is 10.2. The molecule has 1 fully saturated rings. The van der Waals surface area contributed by atoms with Gasteiger partial charge in [-0.2, -0.15) is 0 Å². The molecule has 1 atom stereocenters. The molecule has 3 heterocycles. The first kappa shape index (κ1) is 19.9. The predicted molar refractivity (Wildman–Crippen MR) is 107 cm³/mol. The van der Waals surface area contributed by atoms with Crippen LogP contribution in [0.5, 0.6) is 0 Å². The van der Waals surface area contributed by atoms with Crippen molar-refractivity contribution in [2.75, 3.05) is 6.61 Å². The maximum atomic E-state index is 12.7. The van der Waals surface area contributed by atoms with Crippen molar-refractivity contribution in [2.45, 2.75) is 33.7 Å². The van der Waals surface area contributed by atoms with E-state index < -0.39 is 23.2 Å². The largest absolute Gasteiger partial charge is 0.464 e. The second kappa shape index (κ2) is 8.02. The van der Waals surface area contributed by atoms with Gasteiger partial charge in [0, 0.05) is 29.5 Å². The molecule has 0 spiro atoms. The van der Waals surface area contributed by atoms with Gasteiger partial charge in [-0.15, -0.1) is 0 Å². The Hall–Kier alpha value is -2.87. The topological polar surface area (TPSA) is 81.5 Å². The summed E-state index contributed by atoms with van der Waals surface area (Å²) in [4.78, 5) is 42.3. The van der Waals surface area contributed by atoms with E-state index in [1.807, 2.05) is 32.0 Å². The van der Waals surface area contributed by atoms with Crippen LogP contribution in [0.15, 0.2) is 35.5 Å². The van der Waals surface area contributed by atoms with E-state index in [1.165, 1.54) is 6.92 Å². The molecule has 3 rings (SSSR count). The van der Waals surface area contributed by atoms with Crippen LogP contribution in [0.1, 0.15) is 30.8 Å². The molecule has 2 aromatic rings. The molecular formula is C20H21N3O4S. The standard InChI is InChI=1S/C20H21N3O4S/c1-5-27-19(25)14(4)23-18(24)17(28-20(23)26)11-15-10-12(2)22(13(15)3)16-6-8-21-9-7-16/h6-11,14H,5H2,1-4H3/b17-11+/t14-/m1/s1. The molecule has 146 valence electrons. The van der Waals surface area contributed by atoms with Gasteiger partial charge in [-0.3, -0.25) is 19.5 Å². The van der Waals surface area contributed by atoms with E-state index in [0.29, 0.717) is 0 Å². The van der Waals surface area contributed by atoms with Gasteiger partial charge in [-0.05, 0) is 69.3 Å². The lowest BCUT2D eigenvalue weighted by Crippen LogP contribution is -2.42. The van der Waals surface area contributed by atoms with E-state index in [4.69, 9.17) is 4.74 Å². The number of aryl methyl sites for hydroxylation is 1. The Morgan fingerprint density at radius 2 is 1.96 bits per heavy atom. The first-order chi connectivity index (χ1) is 13.3. The van der Waals surface area contributed by atoms with E-state index in [-0.39, 0.29) is 11.5 Å². The van der Waals surface area contributed by atoms with Crippen LogP contribution in [0.2, 0.25) is 0 Å². The average Bonchev–Trinajstić information content (AvgIpc) is 3.10. The number of ether oxygens (including phenoxy) is 1. The van der Waals surface area contributed by atoms with Crippen molar-refractivity contribution < 1.29 is 19.1 Å². The average molecular weight is 399 g/mol. The normalized spacial score (nSPS) is 16.7. The second-order valence-corrected chi connectivity index (χ2v) is 7.34. The summed E-state index contributed by atoms with van der Waals surface area (Å²) in [5.74, 6) is -1.08. The molecule has 7 nitrogen and oxygen atoms in total. The summed E-state index contributed by atoms with van der Waals surface area (Å²) in [5.41, 5.74) is 3.74. The van der Waals surface area contributed by atoms with Crippen LogP contribution in [0.4, 0.5) is 4.79 Å². The Kier molecular flexibility index (Phi) is 5.69. The predicted octanol–water partition coefficient (Wildman–Crippen LogP) is 3.48. The molecule has 1 aliphatic rings. The molecule has 8 heteroatoms. The van der Waals surface area contributed by atoms with Crippen molar-refractivity contribution in [3.05, 3.63) is 52.4 Å². The summed E-state index contributed by atoms with van der Waals surface area (Å²) in [7, 11) is 0. The van der Waals surface area contributed by atoms with Crippen LogP contribution in [0, 0.1) is 13.8 Å². The number of imide groups is 1. The summed E-state index contributed by atoms with van der Waals surface area (Å²) < 4.78 is 6.99. The van der Waals surface area contributed by atoms with Gasteiger partial charge in [-0.1, -0.05) is 0 Å². The number of thioether (sulfide) groups is 1. The molecule has 0 N–H and O–H groups in total. The lowest BCUT2D eigenvalue weighted by Gasteiger charge is -2.19. The van der Waals surface area contributed by atoms with Gasteiger partial charge in [0.15, 0.2) is 0 Å². The van der Waals surface area contributed by atoms with Crippen LogP contribution < -0.4 is 0 Å². The molecule has 0 saturated carbocycles. The summed E-state index contributed by atoms with van der Waals surface area (Å²) in [5, 5.41) is -0.472. The summed E-state index contributed by atoms with van der Waals surface area (Å²) >= 11 is 0.832. The SMILES string of the molecule is CCOC(=O)[C@@H](C)N1C(=O)S/C(=C/c2cc(C)n(-c3ccncc3)c2C)C1=O. The third-order valence-electron chi connectivity index (χ3n) is 4.52. The van der Waals surface area contributed by atoms with E-state index in [1.54, 1.807) is 25.4 Å². The number of esters is 1. The number of carbonyl (C=O) groups excluding carboxylic acids is 3.